The predicted octanol–water partition coefficient (Wildman–Crippen LogP) is 3.04. The van der Waals surface area contributed by atoms with Crippen molar-refractivity contribution in [3.63, 3.8) is 0 Å². The zero-order valence-corrected chi connectivity index (χ0v) is 17.8. The standard InChI is InChI=1S/C18H21N7O4S/c1-5-29-16-8-14(6-7-15(16)26)9-19-24-13(4)20-21-18(24)30-10-23-12(3)17(25(27)28)11(2)22-23/h6-9,26H,5,10H2,1-4H3. The summed E-state index contributed by atoms with van der Waals surface area (Å²) >= 11 is 1.31. The Bertz CT molecular complexity index is 1110. The monoisotopic (exact) mass is 431 g/mol. The smallest absolute Gasteiger partial charge is 0.312 e. The number of aromatic nitrogens is 5. The van der Waals surface area contributed by atoms with Gasteiger partial charge in [-0.3, -0.25) is 14.8 Å². The van der Waals surface area contributed by atoms with Crippen molar-refractivity contribution in [3.05, 3.63) is 51.1 Å². The van der Waals surface area contributed by atoms with E-state index in [9.17, 15) is 15.2 Å². The highest BCUT2D eigenvalue weighted by Gasteiger charge is 2.22. The Morgan fingerprint density at radius 2 is 2.10 bits per heavy atom. The lowest BCUT2D eigenvalue weighted by Crippen LogP contribution is -2.02. The molecule has 0 aliphatic heterocycles. The Hall–Kier alpha value is -3.41. The zero-order chi connectivity index (χ0) is 21.8. The van der Waals surface area contributed by atoms with E-state index >= 15 is 0 Å². The van der Waals surface area contributed by atoms with E-state index in [2.05, 4.69) is 20.4 Å². The van der Waals surface area contributed by atoms with Crippen LogP contribution < -0.4 is 4.74 Å². The number of thioether (sulfide) groups is 1. The third-order valence-corrected chi connectivity index (χ3v) is 5.10. The van der Waals surface area contributed by atoms with Crippen molar-refractivity contribution >= 4 is 23.7 Å². The van der Waals surface area contributed by atoms with E-state index in [4.69, 9.17) is 4.74 Å². The highest BCUT2D eigenvalue weighted by atomic mass is 32.2. The van der Waals surface area contributed by atoms with Crippen LogP contribution in [-0.4, -0.2) is 47.5 Å². The summed E-state index contributed by atoms with van der Waals surface area (Å²) in [7, 11) is 0. The molecule has 3 rings (SSSR count). The van der Waals surface area contributed by atoms with E-state index in [1.165, 1.54) is 17.8 Å². The van der Waals surface area contributed by atoms with Crippen molar-refractivity contribution in [1.82, 2.24) is 24.7 Å². The molecule has 0 aliphatic rings. The number of aryl methyl sites for hydroxylation is 2. The Kier molecular flexibility index (Phi) is 6.35. The second kappa shape index (κ2) is 8.95. The molecule has 0 bridgehead atoms. The molecule has 2 heterocycles. The van der Waals surface area contributed by atoms with Crippen LogP contribution in [0.4, 0.5) is 5.69 Å². The highest BCUT2D eigenvalue weighted by molar-refractivity contribution is 7.98. The van der Waals surface area contributed by atoms with E-state index in [0.29, 0.717) is 40.6 Å². The molecular formula is C18H21N7O4S. The molecule has 0 saturated carbocycles. The van der Waals surface area contributed by atoms with Gasteiger partial charge in [0, 0.05) is 0 Å². The van der Waals surface area contributed by atoms with Gasteiger partial charge >= 0.3 is 5.69 Å². The van der Waals surface area contributed by atoms with Crippen LogP contribution in [0.5, 0.6) is 11.5 Å². The number of ether oxygens (including phenoxy) is 1. The molecule has 11 nitrogen and oxygen atoms in total. The molecule has 3 aromatic rings. The number of nitro groups is 1. The quantitative estimate of drug-likeness (QED) is 0.249. The first-order valence-electron chi connectivity index (χ1n) is 9.05. The van der Waals surface area contributed by atoms with Crippen LogP contribution in [0.2, 0.25) is 0 Å². The van der Waals surface area contributed by atoms with Gasteiger partial charge in [0.25, 0.3) is 0 Å². The summed E-state index contributed by atoms with van der Waals surface area (Å²) in [6.45, 7) is 7.31. The van der Waals surface area contributed by atoms with Crippen LogP contribution in [0.15, 0.2) is 28.5 Å². The number of nitrogens with zero attached hydrogens (tertiary/aromatic N) is 7. The lowest BCUT2D eigenvalue weighted by atomic mass is 10.2. The normalized spacial score (nSPS) is 11.3. The average Bonchev–Trinajstić information content (AvgIpc) is 3.19. The molecule has 0 spiro atoms. The molecule has 0 unspecified atom stereocenters. The van der Waals surface area contributed by atoms with Gasteiger partial charge in [0.05, 0.1) is 23.6 Å². The number of rotatable bonds is 8. The van der Waals surface area contributed by atoms with Gasteiger partial charge in [-0.05, 0) is 51.5 Å². The third kappa shape index (κ3) is 4.43. The molecule has 0 saturated heterocycles. The fourth-order valence-electron chi connectivity index (χ4n) is 2.76. The summed E-state index contributed by atoms with van der Waals surface area (Å²) < 4.78 is 8.51. The summed E-state index contributed by atoms with van der Waals surface area (Å²) in [4.78, 5) is 10.7. The number of aromatic hydroxyl groups is 1. The van der Waals surface area contributed by atoms with Gasteiger partial charge in [0.15, 0.2) is 17.3 Å². The van der Waals surface area contributed by atoms with Gasteiger partial charge in [-0.2, -0.15) is 14.9 Å². The third-order valence-electron chi connectivity index (χ3n) is 4.22. The lowest BCUT2D eigenvalue weighted by molar-refractivity contribution is -0.386. The minimum Gasteiger partial charge on any atom is -0.504 e. The Morgan fingerprint density at radius 1 is 1.33 bits per heavy atom. The van der Waals surface area contributed by atoms with Gasteiger partial charge in [-0.25, -0.2) is 0 Å². The molecule has 12 heteroatoms. The Balaban J connectivity index is 1.79. The summed E-state index contributed by atoms with van der Waals surface area (Å²) in [5.41, 5.74) is 1.59. The van der Waals surface area contributed by atoms with E-state index in [-0.39, 0.29) is 11.4 Å². The summed E-state index contributed by atoms with van der Waals surface area (Å²) in [5.74, 6) is 1.34. The molecule has 30 heavy (non-hydrogen) atoms. The maximum absolute atomic E-state index is 11.2. The van der Waals surface area contributed by atoms with Crippen molar-refractivity contribution in [2.75, 3.05) is 6.61 Å². The molecule has 158 valence electrons. The van der Waals surface area contributed by atoms with Crippen LogP contribution in [0.25, 0.3) is 0 Å². The van der Waals surface area contributed by atoms with Gasteiger partial charge < -0.3 is 9.84 Å². The maximum atomic E-state index is 11.2. The molecule has 1 N–H and O–H groups in total. The molecule has 0 amide bonds. The number of phenolic OH excluding ortho intramolecular Hbond substituents is 1. The van der Waals surface area contributed by atoms with Crippen molar-refractivity contribution in [3.8, 4) is 11.5 Å². The molecule has 0 atom stereocenters. The topological polar surface area (TPSA) is 133 Å². The minimum absolute atomic E-state index is 0.0173. The van der Waals surface area contributed by atoms with E-state index < -0.39 is 4.92 Å². The van der Waals surface area contributed by atoms with Crippen molar-refractivity contribution in [1.29, 1.82) is 0 Å². The zero-order valence-electron chi connectivity index (χ0n) is 16.9. The predicted molar refractivity (Wildman–Crippen MR) is 111 cm³/mol. The van der Waals surface area contributed by atoms with E-state index in [1.807, 2.05) is 6.92 Å². The number of benzene rings is 1. The Morgan fingerprint density at radius 3 is 2.77 bits per heavy atom. The number of hydrogen-bond donors (Lipinski definition) is 1. The Labute approximate surface area is 176 Å². The highest BCUT2D eigenvalue weighted by Crippen LogP contribution is 2.27. The van der Waals surface area contributed by atoms with E-state index in [1.54, 1.807) is 48.5 Å². The number of hydrogen-bond acceptors (Lipinski definition) is 9. The van der Waals surface area contributed by atoms with Crippen molar-refractivity contribution in [2.45, 2.75) is 38.7 Å². The first kappa shape index (κ1) is 21.3. The van der Waals surface area contributed by atoms with Gasteiger partial charge in [0.2, 0.25) is 5.16 Å². The molecule has 0 radical (unpaired) electrons. The van der Waals surface area contributed by atoms with Gasteiger partial charge in [-0.1, -0.05) is 11.8 Å². The largest absolute Gasteiger partial charge is 0.504 e. The molecule has 1 aromatic carbocycles. The summed E-state index contributed by atoms with van der Waals surface area (Å²) in [6, 6.07) is 4.93. The molecule has 0 fully saturated rings. The lowest BCUT2D eigenvalue weighted by Gasteiger charge is -2.06. The fraction of sp³-hybridized carbons (Fsp3) is 0.333. The van der Waals surface area contributed by atoms with Crippen LogP contribution in [-0.2, 0) is 5.88 Å². The average molecular weight is 431 g/mol. The first-order valence-corrected chi connectivity index (χ1v) is 10.0. The van der Waals surface area contributed by atoms with Gasteiger partial charge in [-0.15, -0.1) is 10.2 Å². The van der Waals surface area contributed by atoms with Crippen LogP contribution in [0.1, 0.15) is 29.7 Å². The van der Waals surface area contributed by atoms with Crippen LogP contribution in [0.3, 0.4) is 0 Å². The van der Waals surface area contributed by atoms with Crippen molar-refractivity contribution in [2.24, 2.45) is 5.10 Å². The molecule has 2 aromatic heterocycles. The second-order valence-electron chi connectivity index (χ2n) is 6.30. The second-order valence-corrected chi connectivity index (χ2v) is 7.21. The summed E-state index contributed by atoms with van der Waals surface area (Å²) in [6.07, 6.45) is 1.61. The first-order chi connectivity index (χ1) is 14.3. The minimum atomic E-state index is -0.427. The van der Waals surface area contributed by atoms with Crippen LogP contribution in [0, 0.1) is 30.9 Å². The van der Waals surface area contributed by atoms with Crippen LogP contribution >= 0.6 is 11.8 Å². The molecule has 0 aliphatic carbocycles. The summed E-state index contributed by atoms with van der Waals surface area (Å²) in [5, 5.41) is 38.3. The van der Waals surface area contributed by atoms with Gasteiger partial charge in [0.1, 0.15) is 11.4 Å². The SMILES string of the molecule is CCOc1cc(C=Nn2c(C)nnc2SCn2nc(C)c([N+](=O)[O-])c2C)ccc1O. The molecular weight excluding hydrogens is 410 g/mol. The number of phenols is 1. The van der Waals surface area contributed by atoms with E-state index in [0.717, 1.165) is 5.56 Å². The fourth-order valence-corrected chi connectivity index (χ4v) is 3.65. The van der Waals surface area contributed by atoms with Crippen molar-refractivity contribution < 1.29 is 14.8 Å². The maximum Gasteiger partial charge on any atom is 0.312 e.